The van der Waals surface area contributed by atoms with Crippen LogP contribution in [0.3, 0.4) is 0 Å². The highest BCUT2D eigenvalue weighted by atomic mass is 32.2. The first-order valence-corrected chi connectivity index (χ1v) is 13.6. The van der Waals surface area contributed by atoms with Gasteiger partial charge in [-0.2, -0.15) is 13.2 Å². The van der Waals surface area contributed by atoms with Crippen molar-refractivity contribution in [2.24, 2.45) is 5.16 Å². The lowest BCUT2D eigenvalue weighted by Gasteiger charge is -2.23. The second-order valence-corrected chi connectivity index (χ2v) is 11.0. The van der Waals surface area contributed by atoms with Gasteiger partial charge in [-0.1, -0.05) is 59.8 Å². The lowest BCUT2D eigenvalue weighted by Crippen LogP contribution is -2.16. The number of nitrogens with zero attached hydrogens (tertiary/aromatic N) is 2. The highest BCUT2D eigenvalue weighted by molar-refractivity contribution is 7.90. The molecule has 9 heteroatoms. The van der Waals surface area contributed by atoms with Crippen molar-refractivity contribution in [1.82, 2.24) is 4.98 Å². The van der Waals surface area contributed by atoms with Gasteiger partial charge in [-0.3, -0.25) is 4.98 Å². The van der Waals surface area contributed by atoms with Crippen molar-refractivity contribution in [3.63, 3.8) is 0 Å². The monoisotopic (exact) mass is 538 g/mol. The maximum absolute atomic E-state index is 14.0. The maximum atomic E-state index is 14.0. The number of benzene rings is 3. The molecule has 1 unspecified atom stereocenters. The number of pyridine rings is 1. The van der Waals surface area contributed by atoms with Gasteiger partial charge in [0.15, 0.2) is 9.84 Å². The summed E-state index contributed by atoms with van der Waals surface area (Å²) in [6.45, 7) is 1.77. The van der Waals surface area contributed by atoms with Crippen molar-refractivity contribution in [1.29, 1.82) is 0 Å². The van der Waals surface area contributed by atoms with E-state index in [1.807, 2.05) is 0 Å². The Morgan fingerprint density at radius 2 is 1.55 bits per heavy atom. The largest absolute Gasteiger partial charge is 0.416 e. The Hall–Kier alpha value is -3.98. The van der Waals surface area contributed by atoms with E-state index < -0.39 is 27.5 Å². The smallest absolute Gasteiger partial charge is 0.411 e. The van der Waals surface area contributed by atoms with Gasteiger partial charge in [0, 0.05) is 36.0 Å². The Kier molecular flexibility index (Phi) is 7.68. The predicted molar refractivity (Wildman–Crippen MR) is 140 cm³/mol. The van der Waals surface area contributed by atoms with Gasteiger partial charge < -0.3 is 5.21 Å². The predicted octanol–water partition coefficient (Wildman–Crippen LogP) is 6.88. The second-order valence-electron chi connectivity index (χ2n) is 8.99. The molecule has 196 valence electrons. The van der Waals surface area contributed by atoms with E-state index in [9.17, 15) is 26.8 Å². The van der Waals surface area contributed by atoms with Crippen LogP contribution in [-0.2, 0) is 16.0 Å². The molecule has 5 nitrogen and oxygen atoms in total. The van der Waals surface area contributed by atoms with Gasteiger partial charge in [-0.25, -0.2) is 8.42 Å². The molecule has 0 saturated carbocycles. The van der Waals surface area contributed by atoms with Crippen molar-refractivity contribution < 1.29 is 26.8 Å². The Morgan fingerprint density at radius 1 is 0.947 bits per heavy atom. The van der Waals surface area contributed by atoms with Crippen LogP contribution < -0.4 is 0 Å². The number of alkyl halides is 3. The van der Waals surface area contributed by atoms with Crippen LogP contribution in [-0.4, -0.2) is 30.6 Å². The molecule has 0 fully saturated rings. The van der Waals surface area contributed by atoms with Crippen LogP contribution in [0, 0.1) is 6.92 Å². The van der Waals surface area contributed by atoms with E-state index in [2.05, 4.69) is 10.1 Å². The zero-order valence-corrected chi connectivity index (χ0v) is 21.5. The number of hydrogen-bond acceptors (Lipinski definition) is 5. The molecule has 1 atom stereocenters. The molecule has 1 aromatic heterocycles. The van der Waals surface area contributed by atoms with Crippen molar-refractivity contribution in [3.8, 4) is 11.1 Å². The summed E-state index contributed by atoms with van der Waals surface area (Å²) in [5, 5.41) is 13.3. The average Bonchev–Trinajstić information content (AvgIpc) is 2.89. The van der Waals surface area contributed by atoms with Gasteiger partial charge in [0.2, 0.25) is 0 Å². The van der Waals surface area contributed by atoms with Gasteiger partial charge in [-0.05, 0) is 59.5 Å². The Morgan fingerprint density at radius 3 is 2.11 bits per heavy atom. The summed E-state index contributed by atoms with van der Waals surface area (Å²) in [6, 6.07) is 22.2. The number of sulfone groups is 1. The molecule has 0 aliphatic rings. The van der Waals surface area contributed by atoms with Crippen molar-refractivity contribution in [2.75, 3.05) is 6.26 Å². The number of hydrogen-bond donors (Lipinski definition) is 1. The first kappa shape index (κ1) is 27.1. The van der Waals surface area contributed by atoms with E-state index >= 15 is 0 Å². The molecule has 0 saturated heterocycles. The molecule has 4 aromatic rings. The summed E-state index contributed by atoms with van der Waals surface area (Å²) in [5.74, 6) is -0.770. The SMILES string of the molecule is Cc1cc(C(CC(c2ccc(-c3ccc(S(C)(=O)=O)cc3)cc2)c2ccccc2C(F)(F)F)=NO)ccn1. The highest BCUT2D eigenvalue weighted by Gasteiger charge is 2.35. The summed E-state index contributed by atoms with van der Waals surface area (Å²) in [7, 11) is -3.33. The fraction of sp³-hybridized carbons (Fsp3) is 0.172. The number of aryl methyl sites for hydroxylation is 1. The van der Waals surface area contributed by atoms with Crippen LogP contribution in [0.4, 0.5) is 13.2 Å². The third kappa shape index (κ3) is 6.11. The molecule has 3 aromatic carbocycles. The highest BCUT2D eigenvalue weighted by Crippen LogP contribution is 2.40. The minimum absolute atomic E-state index is 0.00937. The summed E-state index contributed by atoms with van der Waals surface area (Å²) in [5.41, 5.74) is 2.94. The molecule has 4 rings (SSSR count). The minimum atomic E-state index is -4.57. The first-order chi connectivity index (χ1) is 18.0. The summed E-state index contributed by atoms with van der Waals surface area (Å²) in [6.07, 6.45) is -1.87. The zero-order chi connectivity index (χ0) is 27.5. The molecule has 0 aliphatic carbocycles. The third-order valence-electron chi connectivity index (χ3n) is 6.32. The first-order valence-electron chi connectivity index (χ1n) is 11.7. The molecular formula is C29H25F3N2O3S. The van der Waals surface area contributed by atoms with E-state index in [1.54, 1.807) is 67.7 Å². The Labute approximate surface area is 219 Å². The topological polar surface area (TPSA) is 79.6 Å². The number of rotatable bonds is 7. The fourth-order valence-electron chi connectivity index (χ4n) is 4.40. The number of aromatic nitrogens is 1. The van der Waals surface area contributed by atoms with Gasteiger partial charge in [-0.15, -0.1) is 0 Å². The standard InChI is InChI=1S/C29H25F3N2O3S/c1-19-17-23(15-16-33-19)28(34-35)18-26(25-5-3-4-6-27(25)29(30,31)32)22-9-7-20(8-10-22)21-11-13-24(14-12-21)38(2,36)37/h3-17,26,35H,18H2,1-2H3. The zero-order valence-electron chi connectivity index (χ0n) is 20.6. The van der Waals surface area contributed by atoms with Crippen LogP contribution in [0.25, 0.3) is 11.1 Å². The van der Waals surface area contributed by atoms with Gasteiger partial charge in [0.05, 0.1) is 16.2 Å². The molecule has 0 spiro atoms. The van der Waals surface area contributed by atoms with Crippen LogP contribution in [0.1, 0.15) is 40.3 Å². The van der Waals surface area contributed by atoms with Crippen LogP contribution in [0.2, 0.25) is 0 Å². The lowest BCUT2D eigenvalue weighted by atomic mass is 9.82. The normalized spacial score (nSPS) is 13.3. The van der Waals surface area contributed by atoms with E-state index in [-0.39, 0.29) is 22.6 Å². The molecular weight excluding hydrogens is 513 g/mol. The van der Waals surface area contributed by atoms with E-state index in [0.717, 1.165) is 23.4 Å². The Balaban J connectivity index is 1.76. The lowest BCUT2D eigenvalue weighted by molar-refractivity contribution is -0.138. The molecule has 0 bridgehead atoms. The fourth-order valence-corrected chi connectivity index (χ4v) is 5.03. The van der Waals surface area contributed by atoms with Crippen molar-refractivity contribution in [3.05, 3.63) is 119 Å². The summed E-state index contributed by atoms with van der Waals surface area (Å²) >= 11 is 0. The van der Waals surface area contributed by atoms with E-state index in [4.69, 9.17) is 0 Å². The molecule has 1 N–H and O–H groups in total. The van der Waals surface area contributed by atoms with Gasteiger partial charge in [0.1, 0.15) is 0 Å². The van der Waals surface area contributed by atoms with Gasteiger partial charge in [0.25, 0.3) is 0 Å². The van der Waals surface area contributed by atoms with Crippen molar-refractivity contribution in [2.45, 2.75) is 30.3 Å². The summed E-state index contributed by atoms with van der Waals surface area (Å²) in [4.78, 5) is 4.33. The third-order valence-corrected chi connectivity index (χ3v) is 7.45. The van der Waals surface area contributed by atoms with Crippen LogP contribution in [0.15, 0.2) is 101 Å². The van der Waals surface area contributed by atoms with Crippen LogP contribution in [0.5, 0.6) is 0 Å². The number of halogens is 3. The van der Waals surface area contributed by atoms with Gasteiger partial charge >= 0.3 is 6.18 Å². The molecule has 1 heterocycles. The van der Waals surface area contributed by atoms with Crippen molar-refractivity contribution >= 4 is 15.5 Å². The Bertz CT molecular complexity index is 1560. The average molecular weight is 539 g/mol. The molecule has 0 amide bonds. The number of oxime groups is 1. The quantitative estimate of drug-likeness (QED) is 0.158. The maximum Gasteiger partial charge on any atom is 0.416 e. The van der Waals surface area contributed by atoms with Crippen LogP contribution >= 0.6 is 0 Å². The summed E-state index contributed by atoms with van der Waals surface area (Å²) < 4.78 is 65.5. The molecule has 0 aliphatic heterocycles. The molecule has 0 radical (unpaired) electrons. The second kappa shape index (κ2) is 10.8. The van der Waals surface area contributed by atoms with E-state index in [1.165, 1.54) is 24.3 Å². The van der Waals surface area contributed by atoms with E-state index in [0.29, 0.717) is 16.8 Å². The molecule has 38 heavy (non-hydrogen) atoms. The minimum Gasteiger partial charge on any atom is -0.411 e.